The molecular formula is C14H19NS. The fraction of sp³-hybridized carbons (Fsp3) is 0.429. The molecule has 1 N–H and O–H groups in total. The van der Waals surface area contributed by atoms with Crippen LogP contribution in [0.5, 0.6) is 0 Å². The van der Waals surface area contributed by atoms with Crippen LogP contribution in [0.1, 0.15) is 18.1 Å². The number of thioether (sulfide) groups is 1. The van der Waals surface area contributed by atoms with Crippen molar-refractivity contribution in [1.29, 1.82) is 0 Å². The lowest BCUT2D eigenvalue weighted by atomic mass is 10.1. The van der Waals surface area contributed by atoms with Crippen LogP contribution in [-0.2, 0) is 5.75 Å². The molecule has 0 aliphatic rings. The summed E-state index contributed by atoms with van der Waals surface area (Å²) in [6.45, 7) is 6.03. The minimum absolute atomic E-state index is 0.591. The highest BCUT2D eigenvalue weighted by molar-refractivity contribution is 7.99. The highest BCUT2D eigenvalue weighted by atomic mass is 32.2. The molecule has 0 saturated carbocycles. The molecule has 0 saturated heterocycles. The molecule has 1 atom stereocenters. The predicted octanol–water partition coefficient (Wildman–Crippen LogP) is 2.84. The molecule has 1 nitrogen and oxygen atoms in total. The molecule has 16 heavy (non-hydrogen) atoms. The molecule has 0 aromatic heterocycles. The second-order valence-corrected chi connectivity index (χ2v) is 5.31. The summed E-state index contributed by atoms with van der Waals surface area (Å²) >= 11 is 1.96. The summed E-state index contributed by atoms with van der Waals surface area (Å²) in [4.78, 5) is 0. The lowest BCUT2D eigenvalue weighted by Gasteiger charge is -2.12. The second kappa shape index (κ2) is 7.38. The zero-order valence-electron chi connectivity index (χ0n) is 9.99. The monoisotopic (exact) mass is 233 g/mol. The first kappa shape index (κ1) is 13.2. The van der Waals surface area contributed by atoms with E-state index in [1.54, 1.807) is 0 Å². The lowest BCUT2D eigenvalue weighted by molar-refractivity contribution is 0.748. The summed E-state index contributed by atoms with van der Waals surface area (Å²) in [6.07, 6.45) is 5.18. The van der Waals surface area contributed by atoms with Crippen molar-refractivity contribution in [1.82, 2.24) is 5.32 Å². The standard InChI is InChI=1S/C14H19NS/c1-4-9-15-10-13(3)16-11-14-8-6-5-7-12(14)2/h1,5-8,13,15H,9-11H2,2-3H3. The average Bonchev–Trinajstić information content (AvgIpc) is 2.28. The average molecular weight is 233 g/mol. The lowest BCUT2D eigenvalue weighted by Crippen LogP contribution is -2.22. The molecule has 0 bridgehead atoms. The van der Waals surface area contributed by atoms with Crippen LogP contribution < -0.4 is 5.32 Å². The van der Waals surface area contributed by atoms with Crippen LogP contribution in [0.15, 0.2) is 24.3 Å². The number of benzene rings is 1. The van der Waals surface area contributed by atoms with Crippen molar-refractivity contribution in [3.05, 3.63) is 35.4 Å². The fourth-order valence-corrected chi connectivity index (χ4v) is 2.43. The second-order valence-electron chi connectivity index (χ2n) is 3.88. The van der Waals surface area contributed by atoms with Gasteiger partial charge in [-0.3, -0.25) is 0 Å². The topological polar surface area (TPSA) is 12.0 Å². The van der Waals surface area contributed by atoms with Crippen LogP contribution in [0.3, 0.4) is 0 Å². The van der Waals surface area contributed by atoms with E-state index in [1.165, 1.54) is 11.1 Å². The Morgan fingerprint density at radius 2 is 2.19 bits per heavy atom. The maximum atomic E-state index is 5.18. The number of aryl methyl sites for hydroxylation is 1. The Labute approximate surface area is 103 Å². The van der Waals surface area contributed by atoms with E-state index in [0.717, 1.165) is 12.3 Å². The van der Waals surface area contributed by atoms with Gasteiger partial charge in [-0.2, -0.15) is 11.8 Å². The van der Waals surface area contributed by atoms with Gasteiger partial charge in [-0.1, -0.05) is 37.1 Å². The third-order valence-corrected chi connectivity index (χ3v) is 3.66. The number of hydrogen-bond acceptors (Lipinski definition) is 2. The van der Waals surface area contributed by atoms with Gasteiger partial charge in [0.25, 0.3) is 0 Å². The molecular weight excluding hydrogens is 214 g/mol. The van der Waals surface area contributed by atoms with E-state index in [9.17, 15) is 0 Å². The van der Waals surface area contributed by atoms with E-state index in [2.05, 4.69) is 49.4 Å². The van der Waals surface area contributed by atoms with Gasteiger partial charge in [0.2, 0.25) is 0 Å². The van der Waals surface area contributed by atoms with Crippen LogP contribution >= 0.6 is 11.8 Å². The number of hydrogen-bond donors (Lipinski definition) is 1. The van der Waals surface area contributed by atoms with Crippen LogP contribution in [0.2, 0.25) is 0 Å². The van der Waals surface area contributed by atoms with Crippen molar-refractivity contribution < 1.29 is 0 Å². The van der Waals surface area contributed by atoms with Gasteiger partial charge in [-0.05, 0) is 18.1 Å². The minimum Gasteiger partial charge on any atom is -0.305 e. The summed E-state index contributed by atoms with van der Waals surface area (Å²) in [5.74, 6) is 3.66. The molecule has 2 heteroatoms. The van der Waals surface area contributed by atoms with Gasteiger partial charge in [-0.15, -0.1) is 6.42 Å². The van der Waals surface area contributed by atoms with Crippen molar-refractivity contribution in [3.63, 3.8) is 0 Å². The molecule has 1 rings (SSSR count). The van der Waals surface area contributed by atoms with Crippen molar-refractivity contribution in [3.8, 4) is 12.3 Å². The normalized spacial score (nSPS) is 12.1. The molecule has 0 fully saturated rings. The summed E-state index contributed by atoms with van der Waals surface area (Å²) in [7, 11) is 0. The number of terminal acetylenes is 1. The first-order valence-corrected chi connectivity index (χ1v) is 6.59. The van der Waals surface area contributed by atoms with Crippen molar-refractivity contribution in [2.24, 2.45) is 0 Å². The van der Waals surface area contributed by atoms with Crippen LogP contribution in [0.25, 0.3) is 0 Å². The molecule has 86 valence electrons. The summed E-state index contributed by atoms with van der Waals surface area (Å²) in [5, 5.41) is 3.82. The Morgan fingerprint density at radius 1 is 1.44 bits per heavy atom. The summed E-state index contributed by atoms with van der Waals surface area (Å²) in [5.41, 5.74) is 2.80. The number of nitrogens with one attached hydrogen (secondary N) is 1. The molecule has 1 aromatic carbocycles. The number of rotatable bonds is 6. The largest absolute Gasteiger partial charge is 0.305 e. The zero-order chi connectivity index (χ0) is 11.8. The molecule has 0 spiro atoms. The van der Waals surface area contributed by atoms with Crippen LogP contribution in [0, 0.1) is 19.3 Å². The molecule has 0 heterocycles. The van der Waals surface area contributed by atoms with E-state index in [-0.39, 0.29) is 0 Å². The Bertz CT molecular complexity index is 354. The van der Waals surface area contributed by atoms with Crippen molar-refractivity contribution in [2.45, 2.75) is 24.9 Å². The highest BCUT2D eigenvalue weighted by Gasteiger charge is 2.03. The van der Waals surface area contributed by atoms with E-state index in [0.29, 0.717) is 11.8 Å². The molecule has 0 aliphatic carbocycles. The van der Waals surface area contributed by atoms with Gasteiger partial charge in [-0.25, -0.2) is 0 Å². The molecule has 0 aliphatic heterocycles. The molecule has 1 aromatic rings. The fourth-order valence-electron chi connectivity index (χ4n) is 1.41. The van der Waals surface area contributed by atoms with E-state index < -0.39 is 0 Å². The first-order chi connectivity index (χ1) is 7.74. The quantitative estimate of drug-likeness (QED) is 0.599. The van der Waals surface area contributed by atoms with Gasteiger partial charge in [0.1, 0.15) is 0 Å². The maximum Gasteiger partial charge on any atom is 0.0574 e. The smallest absolute Gasteiger partial charge is 0.0574 e. The first-order valence-electron chi connectivity index (χ1n) is 5.54. The Balaban J connectivity index is 2.29. The Morgan fingerprint density at radius 3 is 2.88 bits per heavy atom. The third kappa shape index (κ3) is 4.74. The Hall–Kier alpha value is -0.910. The van der Waals surface area contributed by atoms with Gasteiger partial charge in [0.05, 0.1) is 6.54 Å². The van der Waals surface area contributed by atoms with Crippen LogP contribution in [-0.4, -0.2) is 18.3 Å². The minimum atomic E-state index is 0.591. The van der Waals surface area contributed by atoms with Gasteiger partial charge < -0.3 is 5.32 Å². The van der Waals surface area contributed by atoms with Crippen LogP contribution in [0.4, 0.5) is 0 Å². The summed E-state index contributed by atoms with van der Waals surface area (Å²) < 4.78 is 0. The highest BCUT2D eigenvalue weighted by Crippen LogP contribution is 2.19. The van der Waals surface area contributed by atoms with E-state index >= 15 is 0 Å². The SMILES string of the molecule is C#CCNCC(C)SCc1ccccc1C. The third-order valence-electron chi connectivity index (χ3n) is 2.44. The molecule has 0 amide bonds. The Kier molecular flexibility index (Phi) is 6.07. The predicted molar refractivity (Wildman–Crippen MR) is 73.6 cm³/mol. The van der Waals surface area contributed by atoms with E-state index in [4.69, 9.17) is 6.42 Å². The summed E-state index contributed by atoms with van der Waals surface area (Å²) in [6, 6.07) is 8.55. The van der Waals surface area contributed by atoms with Gasteiger partial charge in [0.15, 0.2) is 0 Å². The molecule has 0 radical (unpaired) electrons. The zero-order valence-corrected chi connectivity index (χ0v) is 10.8. The van der Waals surface area contributed by atoms with Crippen molar-refractivity contribution >= 4 is 11.8 Å². The molecule has 1 unspecified atom stereocenters. The maximum absolute atomic E-state index is 5.18. The van der Waals surface area contributed by atoms with Gasteiger partial charge >= 0.3 is 0 Å². The van der Waals surface area contributed by atoms with Crippen molar-refractivity contribution in [2.75, 3.05) is 13.1 Å². The van der Waals surface area contributed by atoms with E-state index in [1.807, 2.05) is 11.8 Å². The van der Waals surface area contributed by atoms with Gasteiger partial charge in [0, 0.05) is 17.5 Å².